The Bertz CT molecular complexity index is 498. The molecule has 1 aromatic rings. The van der Waals surface area contributed by atoms with Crippen LogP contribution in [0.25, 0.3) is 0 Å². The molecule has 2 saturated carbocycles. The van der Waals surface area contributed by atoms with E-state index in [-0.39, 0.29) is 11.6 Å². The van der Waals surface area contributed by atoms with Gasteiger partial charge in [0.1, 0.15) is 0 Å². The van der Waals surface area contributed by atoms with Gasteiger partial charge in [-0.25, -0.2) is 4.39 Å². The highest BCUT2D eigenvalue weighted by molar-refractivity contribution is 5.31. The van der Waals surface area contributed by atoms with Gasteiger partial charge in [-0.3, -0.25) is 0 Å². The van der Waals surface area contributed by atoms with Gasteiger partial charge in [-0.05, 0) is 55.2 Å². The van der Waals surface area contributed by atoms with Crippen LogP contribution in [0.15, 0.2) is 31.0 Å². The molecule has 0 aromatic heterocycles. The van der Waals surface area contributed by atoms with E-state index in [1.165, 1.54) is 77.0 Å². The minimum atomic E-state index is -0.356. The van der Waals surface area contributed by atoms with Crippen LogP contribution in [0.4, 0.5) is 4.39 Å². The smallest absolute Gasteiger partial charge is 0.182 e. The summed E-state index contributed by atoms with van der Waals surface area (Å²) in [5, 5.41) is 7.33. The van der Waals surface area contributed by atoms with Gasteiger partial charge in [0.2, 0.25) is 0 Å². The molecule has 0 spiro atoms. The topological polar surface area (TPSA) is 55.5 Å². The van der Waals surface area contributed by atoms with Crippen molar-refractivity contribution in [3.05, 3.63) is 42.4 Å². The van der Waals surface area contributed by atoms with Crippen molar-refractivity contribution in [3.8, 4) is 5.75 Å². The van der Waals surface area contributed by atoms with E-state index < -0.39 is 0 Å². The van der Waals surface area contributed by atoms with Crippen molar-refractivity contribution in [3.63, 3.8) is 0 Å². The molecule has 0 bridgehead atoms. The molecular weight excluding hydrogens is 341 g/mol. The van der Waals surface area contributed by atoms with Gasteiger partial charge in [0.05, 0.1) is 6.26 Å². The predicted octanol–water partition coefficient (Wildman–Crippen LogP) is 7.18. The summed E-state index contributed by atoms with van der Waals surface area (Å²) in [7, 11) is 0. The lowest BCUT2D eigenvalue weighted by Gasteiger charge is -2.28. The first-order chi connectivity index (χ1) is 13.2. The monoisotopic (exact) mass is 379 g/mol. The van der Waals surface area contributed by atoms with Gasteiger partial charge in [-0.1, -0.05) is 70.9 Å². The van der Waals surface area contributed by atoms with Crippen LogP contribution in [0.2, 0.25) is 0 Å². The molecule has 3 rings (SSSR count). The maximum atomic E-state index is 13.6. The number of benzene rings is 1. The first-order valence-corrected chi connectivity index (χ1v) is 10.6. The number of nitrogens with two attached hydrogens (primary N) is 1. The Morgan fingerprint density at radius 2 is 1.63 bits per heavy atom. The van der Waals surface area contributed by atoms with E-state index in [2.05, 4.69) is 18.3 Å². The van der Waals surface area contributed by atoms with Crippen LogP contribution in [-0.2, 0) is 0 Å². The van der Waals surface area contributed by atoms with Gasteiger partial charge in [0.25, 0.3) is 0 Å². The van der Waals surface area contributed by atoms with E-state index in [9.17, 15) is 4.39 Å². The van der Waals surface area contributed by atoms with Gasteiger partial charge in [0.15, 0.2) is 11.6 Å². The summed E-state index contributed by atoms with van der Waals surface area (Å²) in [6.45, 7) is 5.16. The molecule has 2 aliphatic carbocycles. The van der Waals surface area contributed by atoms with E-state index >= 15 is 0 Å². The molecule has 1 aromatic carbocycles. The number of hydrogen-bond acceptors (Lipinski definition) is 3. The second-order valence-electron chi connectivity index (χ2n) is 7.62. The van der Waals surface area contributed by atoms with Crippen molar-refractivity contribution >= 4 is 0 Å². The second-order valence-corrected chi connectivity index (χ2v) is 7.62. The first-order valence-electron chi connectivity index (χ1n) is 10.6. The zero-order chi connectivity index (χ0) is 19.9. The Balaban J connectivity index is 0.000000335. The van der Waals surface area contributed by atoms with Crippen LogP contribution in [0.1, 0.15) is 95.5 Å². The van der Waals surface area contributed by atoms with Crippen LogP contribution in [0.5, 0.6) is 5.75 Å². The van der Waals surface area contributed by atoms with Crippen molar-refractivity contribution in [1.82, 2.24) is 0 Å². The van der Waals surface area contributed by atoms with Gasteiger partial charge in [-0.2, -0.15) is 5.90 Å². The summed E-state index contributed by atoms with van der Waals surface area (Å²) in [6.07, 6.45) is 17.2. The maximum Gasteiger partial charge on any atom is 0.182 e. The highest BCUT2D eigenvalue weighted by Gasteiger charge is 2.22. The quantitative estimate of drug-likeness (QED) is 0.430. The Morgan fingerprint density at radius 1 is 1.11 bits per heavy atom. The third kappa shape index (κ3) is 9.28. The number of halogens is 1. The van der Waals surface area contributed by atoms with Crippen LogP contribution in [0, 0.1) is 11.7 Å². The zero-order valence-corrected chi connectivity index (χ0v) is 17.0. The third-order valence-electron chi connectivity index (χ3n) is 5.60. The van der Waals surface area contributed by atoms with Crippen molar-refractivity contribution in [1.29, 1.82) is 0 Å². The third-order valence-corrected chi connectivity index (χ3v) is 5.60. The van der Waals surface area contributed by atoms with Gasteiger partial charge >= 0.3 is 0 Å². The van der Waals surface area contributed by atoms with Crippen LogP contribution < -0.4 is 10.7 Å². The fourth-order valence-electron chi connectivity index (χ4n) is 4.12. The average Bonchev–Trinajstić information content (AvgIpc) is 2.71. The molecule has 0 amide bonds. The molecule has 0 radical (unpaired) electrons. The molecule has 0 saturated heterocycles. The summed E-state index contributed by atoms with van der Waals surface area (Å²) in [5.74, 6) is 6.14. The minimum Gasteiger partial charge on any atom is -0.516 e. The van der Waals surface area contributed by atoms with Crippen LogP contribution >= 0.6 is 0 Å². The summed E-state index contributed by atoms with van der Waals surface area (Å²) in [4.78, 5) is 4.46. The van der Waals surface area contributed by atoms with Crippen molar-refractivity contribution < 1.29 is 14.3 Å². The molecule has 3 N–H and O–H groups in total. The fourth-order valence-corrected chi connectivity index (χ4v) is 4.12. The van der Waals surface area contributed by atoms with Gasteiger partial charge < -0.3 is 9.94 Å². The SMILES string of the molecule is C1CCCCC1.C=CO.CCCC1CCC(c2ccc(ON)c(F)c2)CC1. The Kier molecular flexibility index (Phi) is 12.6. The van der Waals surface area contributed by atoms with Gasteiger partial charge in [-0.15, -0.1) is 0 Å². The van der Waals surface area contributed by atoms with Crippen molar-refractivity contribution in [2.75, 3.05) is 0 Å². The summed E-state index contributed by atoms with van der Waals surface area (Å²) >= 11 is 0. The Labute approximate surface area is 164 Å². The van der Waals surface area contributed by atoms with Crippen molar-refractivity contribution in [2.24, 2.45) is 11.8 Å². The van der Waals surface area contributed by atoms with Crippen molar-refractivity contribution in [2.45, 2.75) is 89.9 Å². The Morgan fingerprint density at radius 3 is 2.04 bits per heavy atom. The van der Waals surface area contributed by atoms with Crippen LogP contribution in [0.3, 0.4) is 0 Å². The number of rotatable bonds is 4. The minimum absolute atomic E-state index is 0.124. The molecule has 0 aliphatic heterocycles. The zero-order valence-electron chi connectivity index (χ0n) is 17.0. The molecular formula is C23H38FNO2. The summed E-state index contributed by atoms with van der Waals surface area (Å²) < 4.78 is 13.6. The average molecular weight is 380 g/mol. The highest BCUT2D eigenvalue weighted by Crippen LogP contribution is 2.38. The molecule has 154 valence electrons. The molecule has 27 heavy (non-hydrogen) atoms. The molecule has 3 nitrogen and oxygen atoms in total. The summed E-state index contributed by atoms with van der Waals surface area (Å²) in [5.41, 5.74) is 1.09. The lowest BCUT2D eigenvalue weighted by molar-refractivity contribution is 0.304. The lowest BCUT2D eigenvalue weighted by atomic mass is 9.77. The largest absolute Gasteiger partial charge is 0.516 e. The summed E-state index contributed by atoms with van der Waals surface area (Å²) in [6, 6.07) is 5.14. The van der Waals surface area contributed by atoms with E-state index in [0.29, 0.717) is 5.92 Å². The van der Waals surface area contributed by atoms with Gasteiger partial charge in [0, 0.05) is 0 Å². The molecule has 0 unspecified atom stereocenters. The van der Waals surface area contributed by atoms with E-state index in [1.54, 1.807) is 12.1 Å². The van der Waals surface area contributed by atoms with E-state index in [1.807, 2.05) is 6.07 Å². The molecule has 0 heterocycles. The molecule has 4 heteroatoms. The molecule has 0 atom stereocenters. The fraction of sp³-hybridized carbons (Fsp3) is 0.652. The molecule has 2 fully saturated rings. The standard InChI is InChI=1S/C15H22FNO.C6H12.C2H4O/c1-2-3-11-4-6-12(7-5-11)13-8-9-15(18-17)14(16)10-13;1-2-4-6-5-3-1;1-2-3/h8-12H,2-7,17H2,1H3;1-6H2;2-3H,1H2. The second kappa shape index (κ2) is 14.5. The van der Waals surface area contributed by atoms with E-state index in [0.717, 1.165) is 17.7 Å². The predicted molar refractivity (Wildman–Crippen MR) is 111 cm³/mol. The van der Waals surface area contributed by atoms with Crippen LogP contribution in [-0.4, -0.2) is 5.11 Å². The number of aliphatic hydroxyl groups is 1. The normalized spacial score (nSPS) is 21.7. The Hall–Kier alpha value is -1.55. The first kappa shape index (κ1) is 23.5. The highest BCUT2D eigenvalue weighted by atomic mass is 19.1. The lowest BCUT2D eigenvalue weighted by Crippen LogP contribution is -2.13. The number of aliphatic hydroxyl groups excluding tert-OH is 1. The maximum absolute atomic E-state index is 13.6. The number of hydrogen-bond donors (Lipinski definition) is 2. The molecule has 2 aliphatic rings. The van der Waals surface area contributed by atoms with E-state index in [4.69, 9.17) is 11.0 Å².